The first-order chi connectivity index (χ1) is 17.9. The summed E-state index contributed by atoms with van der Waals surface area (Å²) in [6.07, 6.45) is 11.5. The molecule has 37 heavy (non-hydrogen) atoms. The van der Waals surface area contributed by atoms with Crippen molar-refractivity contribution < 1.29 is 20.4 Å². The highest BCUT2D eigenvalue weighted by atomic mass is 16.3. The minimum atomic E-state index is -0.487. The monoisotopic (exact) mass is 500 g/mol. The van der Waals surface area contributed by atoms with E-state index in [1.807, 2.05) is 13.8 Å². The van der Waals surface area contributed by atoms with E-state index in [-0.39, 0.29) is 11.5 Å². The highest BCUT2D eigenvalue weighted by Crippen LogP contribution is 2.50. The van der Waals surface area contributed by atoms with Crippen LogP contribution in [0.3, 0.4) is 0 Å². The zero-order valence-corrected chi connectivity index (χ0v) is 22.1. The average molecular weight is 501 g/mol. The van der Waals surface area contributed by atoms with Crippen LogP contribution >= 0.6 is 0 Å². The van der Waals surface area contributed by atoms with Crippen LogP contribution in [0.15, 0.2) is 42.5 Å². The van der Waals surface area contributed by atoms with E-state index in [1.54, 1.807) is 12.1 Å². The van der Waals surface area contributed by atoms with Gasteiger partial charge in [-0.15, -0.1) is 0 Å². The summed E-state index contributed by atoms with van der Waals surface area (Å²) in [5, 5.41) is 44.2. The summed E-state index contributed by atoms with van der Waals surface area (Å²) in [6.45, 7) is 4.01. The van der Waals surface area contributed by atoms with Crippen molar-refractivity contribution in [3.63, 3.8) is 0 Å². The van der Waals surface area contributed by atoms with E-state index >= 15 is 0 Å². The minimum absolute atomic E-state index is 0.184. The molecule has 0 unspecified atom stereocenters. The van der Waals surface area contributed by atoms with Gasteiger partial charge in [-0.05, 0) is 91.3 Å². The number of aromatic hydroxyl groups is 4. The van der Waals surface area contributed by atoms with Gasteiger partial charge in [-0.2, -0.15) is 0 Å². The van der Waals surface area contributed by atoms with Crippen molar-refractivity contribution in [3.8, 4) is 23.0 Å². The molecule has 4 heteroatoms. The Morgan fingerprint density at radius 3 is 1.46 bits per heavy atom. The number of phenolic OH excluding ortho intramolecular Hbond substituents is 4. The molecule has 3 aromatic carbocycles. The second kappa shape index (κ2) is 10.7. The van der Waals surface area contributed by atoms with Gasteiger partial charge in [0.05, 0.1) is 0 Å². The minimum Gasteiger partial charge on any atom is -0.507 e. The first-order valence-corrected chi connectivity index (χ1v) is 14.0. The maximum absolute atomic E-state index is 11.8. The van der Waals surface area contributed by atoms with Crippen molar-refractivity contribution in [1.29, 1.82) is 0 Å². The molecule has 4 N–H and O–H groups in total. The molecule has 4 nitrogen and oxygen atoms in total. The lowest BCUT2D eigenvalue weighted by atomic mass is 9.75. The number of benzene rings is 3. The number of phenols is 4. The summed E-state index contributed by atoms with van der Waals surface area (Å²) in [5.74, 6) is 0.367. The summed E-state index contributed by atoms with van der Waals surface area (Å²) >= 11 is 0. The van der Waals surface area contributed by atoms with E-state index in [2.05, 4.69) is 24.3 Å². The molecule has 3 aromatic rings. The summed E-state index contributed by atoms with van der Waals surface area (Å²) in [6, 6.07) is 13.2. The maximum atomic E-state index is 11.8. The van der Waals surface area contributed by atoms with Crippen LogP contribution in [0, 0.1) is 13.8 Å². The molecule has 0 spiro atoms. The second-order valence-corrected chi connectivity index (χ2v) is 11.3. The zero-order chi connectivity index (χ0) is 26.1. The Labute approximate surface area is 220 Å². The quantitative estimate of drug-likeness (QED) is 0.209. The Morgan fingerprint density at radius 1 is 0.568 bits per heavy atom. The Balaban J connectivity index is 1.73. The van der Waals surface area contributed by atoms with Crippen molar-refractivity contribution in [3.05, 3.63) is 81.4 Å². The molecule has 0 atom stereocenters. The number of hydrogen-bond acceptors (Lipinski definition) is 4. The van der Waals surface area contributed by atoms with Crippen molar-refractivity contribution >= 4 is 0 Å². The van der Waals surface area contributed by atoms with Crippen LogP contribution in [-0.2, 0) is 0 Å². The third kappa shape index (κ3) is 4.91. The van der Waals surface area contributed by atoms with Crippen LogP contribution < -0.4 is 0 Å². The molecular formula is C33H40O4. The average Bonchev–Trinajstić information content (AvgIpc) is 2.90. The van der Waals surface area contributed by atoms with Crippen LogP contribution in [-0.4, -0.2) is 20.4 Å². The smallest absolute Gasteiger partial charge is 0.157 e. The van der Waals surface area contributed by atoms with E-state index < -0.39 is 5.92 Å². The van der Waals surface area contributed by atoms with Crippen LogP contribution in [0.25, 0.3) is 0 Å². The SMILES string of the molecule is Cc1ccc(C2CCCCC2)c(O)c1C(c1ccc(O)c(O)c1)c1c(C)ccc(C2CCCCC2)c1O. The number of hydrogen-bond donors (Lipinski definition) is 4. The van der Waals surface area contributed by atoms with Gasteiger partial charge in [0.25, 0.3) is 0 Å². The molecule has 0 saturated heterocycles. The van der Waals surface area contributed by atoms with Crippen molar-refractivity contribution in [2.24, 2.45) is 0 Å². The Hall–Kier alpha value is -3.14. The van der Waals surface area contributed by atoms with Crippen LogP contribution in [0.4, 0.5) is 0 Å². The lowest BCUT2D eigenvalue weighted by Crippen LogP contribution is -2.13. The van der Waals surface area contributed by atoms with Crippen molar-refractivity contribution in [2.75, 3.05) is 0 Å². The van der Waals surface area contributed by atoms with Crippen molar-refractivity contribution in [1.82, 2.24) is 0 Å². The molecule has 2 aliphatic carbocycles. The predicted molar refractivity (Wildman–Crippen MR) is 148 cm³/mol. The van der Waals surface area contributed by atoms with Crippen molar-refractivity contribution in [2.45, 2.75) is 95.8 Å². The van der Waals surface area contributed by atoms with E-state index in [0.717, 1.165) is 64.6 Å². The van der Waals surface area contributed by atoms with Crippen LogP contribution in [0.2, 0.25) is 0 Å². The fourth-order valence-electron chi connectivity index (χ4n) is 6.86. The first kappa shape index (κ1) is 25.5. The van der Waals surface area contributed by atoms with Gasteiger partial charge < -0.3 is 20.4 Å². The molecule has 0 bridgehead atoms. The zero-order valence-electron chi connectivity index (χ0n) is 22.1. The topological polar surface area (TPSA) is 80.9 Å². The second-order valence-electron chi connectivity index (χ2n) is 11.3. The summed E-state index contributed by atoms with van der Waals surface area (Å²) < 4.78 is 0. The molecule has 0 radical (unpaired) electrons. The molecule has 0 aliphatic heterocycles. The van der Waals surface area contributed by atoms with Gasteiger partial charge in [-0.25, -0.2) is 0 Å². The Kier molecular flexibility index (Phi) is 7.37. The molecule has 0 amide bonds. The normalized spacial score (nSPS) is 17.4. The molecule has 2 fully saturated rings. The highest BCUT2D eigenvalue weighted by molar-refractivity contribution is 5.62. The van der Waals surface area contributed by atoms with Gasteiger partial charge in [-0.1, -0.05) is 68.9 Å². The molecular weight excluding hydrogens is 460 g/mol. The molecule has 5 rings (SSSR count). The number of rotatable bonds is 5. The Bertz CT molecular complexity index is 1190. The maximum Gasteiger partial charge on any atom is 0.157 e. The fraction of sp³-hybridized carbons (Fsp3) is 0.455. The van der Waals surface area contributed by atoms with Crippen LogP contribution in [0.1, 0.15) is 121 Å². The summed E-state index contributed by atoms with van der Waals surface area (Å²) in [7, 11) is 0. The summed E-state index contributed by atoms with van der Waals surface area (Å²) in [4.78, 5) is 0. The lowest BCUT2D eigenvalue weighted by Gasteiger charge is -2.30. The third-order valence-electron chi connectivity index (χ3n) is 8.93. The van der Waals surface area contributed by atoms with E-state index in [0.29, 0.717) is 23.3 Å². The van der Waals surface area contributed by atoms with Gasteiger partial charge in [0.15, 0.2) is 11.5 Å². The molecule has 196 valence electrons. The first-order valence-electron chi connectivity index (χ1n) is 14.0. The van der Waals surface area contributed by atoms with Gasteiger partial charge in [0.1, 0.15) is 11.5 Å². The largest absolute Gasteiger partial charge is 0.507 e. The highest BCUT2D eigenvalue weighted by Gasteiger charge is 2.32. The van der Waals surface area contributed by atoms with Gasteiger partial charge in [0, 0.05) is 17.0 Å². The molecule has 0 aromatic heterocycles. The van der Waals surface area contributed by atoms with Gasteiger partial charge >= 0.3 is 0 Å². The van der Waals surface area contributed by atoms with Gasteiger partial charge in [-0.3, -0.25) is 0 Å². The third-order valence-corrected chi connectivity index (χ3v) is 8.93. The number of aryl methyl sites for hydroxylation is 2. The molecule has 2 saturated carbocycles. The lowest BCUT2D eigenvalue weighted by molar-refractivity contribution is 0.401. The Morgan fingerprint density at radius 2 is 1.03 bits per heavy atom. The van der Waals surface area contributed by atoms with Crippen LogP contribution in [0.5, 0.6) is 23.0 Å². The fourth-order valence-corrected chi connectivity index (χ4v) is 6.86. The molecule has 0 heterocycles. The van der Waals surface area contributed by atoms with Gasteiger partial charge in [0.2, 0.25) is 0 Å². The summed E-state index contributed by atoms with van der Waals surface area (Å²) in [5.41, 5.74) is 6.11. The van der Waals surface area contributed by atoms with E-state index in [4.69, 9.17) is 0 Å². The van der Waals surface area contributed by atoms with E-state index in [1.165, 1.54) is 44.6 Å². The standard InChI is InChI=1S/C33H40O4/c1-20-13-16-25(22-9-5-3-6-10-22)32(36)29(20)31(24-15-18-27(34)28(35)19-24)30-21(2)14-17-26(33(30)37)23-11-7-4-8-12-23/h13-19,22-23,31,34-37H,3-12H2,1-2H3. The van der Waals surface area contributed by atoms with E-state index in [9.17, 15) is 20.4 Å². The molecule has 2 aliphatic rings. The predicted octanol–water partition coefficient (Wildman–Crippen LogP) is 8.40.